The summed E-state index contributed by atoms with van der Waals surface area (Å²) in [6.45, 7) is 3.34. The van der Waals surface area contributed by atoms with Gasteiger partial charge in [-0.15, -0.1) is 0 Å². The van der Waals surface area contributed by atoms with Gasteiger partial charge in [0.1, 0.15) is 0 Å². The standard InChI is InChI=1S/C11H12BrN/c1-6-2-3-9-10(11(6)12)8-4-7(8)5-13-9/h2-3,7-8,13H,4-5H2,1H3. The number of benzene rings is 1. The van der Waals surface area contributed by atoms with Crippen LogP contribution in [0.1, 0.15) is 23.5 Å². The van der Waals surface area contributed by atoms with E-state index in [-0.39, 0.29) is 0 Å². The van der Waals surface area contributed by atoms with Gasteiger partial charge in [-0.25, -0.2) is 0 Å². The number of fused-ring (bicyclic) bond motifs is 3. The second-order valence-electron chi connectivity index (χ2n) is 4.14. The normalized spacial score (nSPS) is 28.8. The third kappa shape index (κ3) is 1.05. The first kappa shape index (κ1) is 7.86. The molecule has 1 aliphatic carbocycles. The summed E-state index contributed by atoms with van der Waals surface area (Å²) in [6.07, 6.45) is 1.38. The van der Waals surface area contributed by atoms with Gasteiger partial charge in [0.05, 0.1) is 0 Å². The predicted octanol–water partition coefficient (Wildman–Crippen LogP) is 3.29. The van der Waals surface area contributed by atoms with E-state index in [2.05, 4.69) is 40.3 Å². The van der Waals surface area contributed by atoms with Gasteiger partial charge in [0, 0.05) is 16.7 Å². The van der Waals surface area contributed by atoms with Crippen LogP contribution >= 0.6 is 15.9 Å². The van der Waals surface area contributed by atoms with Crippen LogP contribution in [0.5, 0.6) is 0 Å². The minimum Gasteiger partial charge on any atom is -0.384 e. The third-order valence-electron chi connectivity index (χ3n) is 3.22. The quantitative estimate of drug-likeness (QED) is 0.731. The minimum absolute atomic E-state index is 0.838. The Morgan fingerprint density at radius 3 is 3.15 bits per heavy atom. The van der Waals surface area contributed by atoms with Crippen molar-refractivity contribution in [3.8, 4) is 0 Å². The Balaban J connectivity index is 2.21. The maximum Gasteiger partial charge on any atom is 0.0387 e. The van der Waals surface area contributed by atoms with E-state index in [4.69, 9.17) is 0 Å². The van der Waals surface area contributed by atoms with Gasteiger partial charge in [0.25, 0.3) is 0 Å². The van der Waals surface area contributed by atoms with Gasteiger partial charge in [-0.1, -0.05) is 22.0 Å². The number of nitrogens with one attached hydrogen (secondary N) is 1. The molecule has 2 atom stereocenters. The number of anilines is 1. The molecule has 1 nitrogen and oxygen atoms in total. The van der Waals surface area contributed by atoms with Crippen molar-refractivity contribution in [2.24, 2.45) is 5.92 Å². The summed E-state index contributed by atoms with van der Waals surface area (Å²) in [7, 11) is 0. The fourth-order valence-electron chi connectivity index (χ4n) is 2.29. The number of rotatable bonds is 0. The Morgan fingerprint density at radius 1 is 1.46 bits per heavy atom. The van der Waals surface area contributed by atoms with Crippen molar-refractivity contribution in [1.29, 1.82) is 0 Å². The van der Waals surface area contributed by atoms with Crippen molar-refractivity contribution in [3.05, 3.63) is 27.7 Å². The maximum absolute atomic E-state index is 3.69. The van der Waals surface area contributed by atoms with Crippen LogP contribution in [-0.4, -0.2) is 6.54 Å². The predicted molar refractivity (Wildman–Crippen MR) is 58.2 cm³/mol. The zero-order valence-electron chi connectivity index (χ0n) is 7.60. The first-order chi connectivity index (χ1) is 6.27. The van der Waals surface area contributed by atoms with Gasteiger partial charge >= 0.3 is 0 Å². The second kappa shape index (κ2) is 2.50. The number of aryl methyl sites for hydroxylation is 1. The van der Waals surface area contributed by atoms with Crippen LogP contribution in [-0.2, 0) is 0 Å². The van der Waals surface area contributed by atoms with Crippen molar-refractivity contribution >= 4 is 21.6 Å². The molecule has 68 valence electrons. The molecular weight excluding hydrogens is 226 g/mol. The highest BCUT2D eigenvalue weighted by Gasteiger charge is 2.43. The van der Waals surface area contributed by atoms with Crippen LogP contribution < -0.4 is 5.32 Å². The van der Waals surface area contributed by atoms with Crippen LogP contribution in [0.25, 0.3) is 0 Å². The molecule has 1 saturated carbocycles. The zero-order chi connectivity index (χ0) is 9.00. The maximum atomic E-state index is 3.69. The van der Waals surface area contributed by atoms with Gasteiger partial charge in [-0.2, -0.15) is 0 Å². The summed E-state index contributed by atoms with van der Waals surface area (Å²) >= 11 is 3.69. The van der Waals surface area contributed by atoms with E-state index in [0.29, 0.717) is 0 Å². The molecule has 1 N–H and O–H groups in total. The van der Waals surface area contributed by atoms with E-state index >= 15 is 0 Å². The van der Waals surface area contributed by atoms with E-state index in [1.807, 2.05) is 0 Å². The second-order valence-corrected chi connectivity index (χ2v) is 4.93. The molecule has 0 radical (unpaired) electrons. The van der Waals surface area contributed by atoms with Gasteiger partial charge in [-0.3, -0.25) is 0 Å². The molecule has 1 aromatic carbocycles. The monoisotopic (exact) mass is 237 g/mol. The lowest BCUT2D eigenvalue weighted by atomic mass is 10.0. The van der Waals surface area contributed by atoms with Crippen LogP contribution in [0.3, 0.4) is 0 Å². The molecule has 1 aromatic rings. The van der Waals surface area contributed by atoms with Gasteiger partial charge < -0.3 is 5.32 Å². The smallest absolute Gasteiger partial charge is 0.0387 e. The third-order valence-corrected chi connectivity index (χ3v) is 4.27. The molecule has 0 spiro atoms. The molecule has 2 unspecified atom stereocenters. The first-order valence-corrected chi connectivity index (χ1v) is 5.59. The number of hydrogen-bond donors (Lipinski definition) is 1. The lowest BCUT2D eigenvalue weighted by molar-refractivity contribution is 0.813. The van der Waals surface area contributed by atoms with Gasteiger partial charge in [0.15, 0.2) is 0 Å². The minimum atomic E-state index is 0.838. The summed E-state index contributed by atoms with van der Waals surface area (Å²) < 4.78 is 1.32. The molecule has 2 aliphatic rings. The highest BCUT2D eigenvalue weighted by atomic mass is 79.9. The fourth-order valence-corrected chi connectivity index (χ4v) is 2.93. The van der Waals surface area contributed by atoms with Crippen molar-refractivity contribution in [2.75, 3.05) is 11.9 Å². The molecule has 0 amide bonds. The Labute approximate surface area is 86.7 Å². The molecule has 1 heterocycles. The van der Waals surface area contributed by atoms with E-state index in [1.54, 1.807) is 0 Å². The Hall–Kier alpha value is -0.500. The zero-order valence-corrected chi connectivity index (χ0v) is 9.19. The molecule has 1 aliphatic heterocycles. The van der Waals surface area contributed by atoms with Crippen molar-refractivity contribution in [2.45, 2.75) is 19.3 Å². The van der Waals surface area contributed by atoms with Crippen molar-refractivity contribution in [1.82, 2.24) is 0 Å². The number of hydrogen-bond acceptors (Lipinski definition) is 1. The van der Waals surface area contributed by atoms with Crippen molar-refractivity contribution < 1.29 is 0 Å². The average Bonchev–Trinajstić information content (AvgIpc) is 2.89. The summed E-state index contributed by atoms with van der Waals surface area (Å²) in [5.74, 6) is 1.75. The van der Waals surface area contributed by atoms with E-state index in [0.717, 1.165) is 11.8 Å². The summed E-state index contributed by atoms with van der Waals surface area (Å²) in [5, 5.41) is 3.49. The summed E-state index contributed by atoms with van der Waals surface area (Å²) in [6, 6.07) is 4.39. The molecule has 0 bridgehead atoms. The van der Waals surface area contributed by atoms with Crippen molar-refractivity contribution in [3.63, 3.8) is 0 Å². The SMILES string of the molecule is Cc1ccc2c(c1Br)C1CC1CN2. The molecular formula is C11H12BrN. The summed E-state index contributed by atoms with van der Waals surface area (Å²) in [5.41, 5.74) is 4.22. The van der Waals surface area contributed by atoms with Crippen LogP contribution in [0.2, 0.25) is 0 Å². The molecule has 3 rings (SSSR count). The van der Waals surface area contributed by atoms with Gasteiger partial charge in [-0.05, 0) is 42.4 Å². The molecule has 0 aromatic heterocycles. The number of halogens is 1. The van der Waals surface area contributed by atoms with E-state index in [1.165, 1.54) is 34.3 Å². The fraction of sp³-hybridized carbons (Fsp3) is 0.455. The molecule has 1 fully saturated rings. The molecule has 13 heavy (non-hydrogen) atoms. The van der Waals surface area contributed by atoms with Crippen LogP contribution in [0, 0.1) is 12.8 Å². The lowest BCUT2D eigenvalue weighted by Gasteiger charge is -2.19. The average molecular weight is 238 g/mol. The van der Waals surface area contributed by atoms with E-state index in [9.17, 15) is 0 Å². The lowest BCUT2D eigenvalue weighted by Crippen LogP contribution is -2.12. The highest BCUT2D eigenvalue weighted by molar-refractivity contribution is 9.10. The topological polar surface area (TPSA) is 12.0 Å². The Kier molecular flexibility index (Phi) is 1.51. The Bertz CT molecular complexity index is 373. The first-order valence-electron chi connectivity index (χ1n) is 4.80. The van der Waals surface area contributed by atoms with Crippen LogP contribution in [0.15, 0.2) is 16.6 Å². The highest BCUT2D eigenvalue weighted by Crippen LogP contribution is 2.55. The Morgan fingerprint density at radius 2 is 2.31 bits per heavy atom. The molecule has 0 saturated heterocycles. The summed E-state index contributed by atoms with van der Waals surface area (Å²) in [4.78, 5) is 0. The van der Waals surface area contributed by atoms with E-state index < -0.39 is 0 Å². The van der Waals surface area contributed by atoms with Gasteiger partial charge in [0.2, 0.25) is 0 Å². The molecule has 2 heteroatoms. The largest absolute Gasteiger partial charge is 0.384 e. The van der Waals surface area contributed by atoms with Crippen LogP contribution in [0.4, 0.5) is 5.69 Å².